The Morgan fingerprint density at radius 1 is 1.33 bits per heavy atom. The van der Waals surface area contributed by atoms with Gasteiger partial charge in [0.1, 0.15) is 5.52 Å². The highest BCUT2D eigenvalue weighted by Gasteiger charge is 2.00. The van der Waals surface area contributed by atoms with Gasteiger partial charge in [0.05, 0.1) is 0 Å². The van der Waals surface area contributed by atoms with E-state index in [1.807, 2.05) is 37.2 Å². The van der Waals surface area contributed by atoms with Crippen LogP contribution in [0.1, 0.15) is 0 Å². The molecule has 0 saturated carbocycles. The van der Waals surface area contributed by atoms with Crippen LogP contribution in [0.2, 0.25) is 0 Å². The Morgan fingerprint density at radius 3 is 2.92 bits per heavy atom. The number of benzene rings is 1. The van der Waals surface area contributed by atoms with Crippen molar-refractivity contribution >= 4 is 16.8 Å². The molecule has 3 heteroatoms. The molecular weight excluding hydrogens is 152 g/mol. The molecule has 62 valence electrons. The number of aromatic nitrogens is 1. The molecule has 0 radical (unpaired) electrons. The molecule has 0 aliphatic rings. The van der Waals surface area contributed by atoms with E-state index in [4.69, 9.17) is 4.42 Å². The van der Waals surface area contributed by atoms with Gasteiger partial charge in [0, 0.05) is 25.8 Å². The molecule has 2 aromatic rings. The summed E-state index contributed by atoms with van der Waals surface area (Å²) in [6.45, 7) is 0. The maximum absolute atomic E-state index is 5.17. The lowest BCUT2D eigenvalue weighted by Gasteiger charge is -2.10. The van der Waals surface area contributed by atoms with E-state index in [9.17, 15) is 0 Å². The number of hydrogen-bond donors (Lipinski definition) is 0. The lowest BCUT2D eigenvalue weighted by molar-refractivity contribution is 0.602. The second kappa shape index (κ2) is 2.52. The van der Waals surface area contributed by atoms with Crippen molar-refractivity contribution in [3.05, 3.63) is 24.6 Å². The molecule has 1 aromatic carbocycles. The second-order valence-electron chi connectivity index (χ2n) is 2.90. The van der Waals surface area contributed by atoms with Crippen LogP contribution in [0.3, 0.4) is 0 Å². The van der Waals surface area contributed by atoms with Gasteiger partial charge in [0.15, 0.2) is 12.0 Å². The SMILES string of the molecule is CN(C)c1ccc2ncoc2c1. The number of fused-ring (bicyclic) bond motifs is 1. The quantitative estimate of drug-likeness (QED) is 0.641. The van der Waals surface area contributed by atoms with Crippen LogP contribution in [0.5, 0.6) is 0 Å². The van der Waals surface area contributed by atoms with Gasteiger partial charge in [-0.1, -0.05) is 0 Å². The fraction of sp³-hybridized carbons (Fsp3) is 0.222. The van der Waals surface area contributed by atoms with Crippen molar-refractivity contribution in [2.45, 2.75) is 0 Å². The molecule has 0 amide bonds. The van der Waals surface area contributed by atoms with Gasteiger partial charge in [-0.05, 0) is 12.1 Å². The van der Waals surface area contributed by atoms with Crippen LogP contribution in [-0.4, -0.2) is 19.1 Å². The van der Waals surface area contributed by atoms with E-state index < -0.39 is 0 Å². The van der Waals surface area contributed by atoms with Crippen LogP contribution >= 0.6 is 0 Å². The van der Waals surface area contributed by atoms with Crippen LogP contribution in [0.4, 0.5) is 5.69 Å². The molecule has 0 atom stereocenters. The standard InChI is InChI=1S/C9H10N2O/c1-11(2)7-3-4-8-9(5-7)12-6-10-8/h3-6H,1-2H3. The Labute approximate surface area is 70.6 Å². The first-order chi connectivity index (χ1) is 5.77. The molecule has 0 fully saturated rings. The maximum atomic E-state index is 5.17. The van der Waals surface area contributed by atoms with Crippen LogP contribution in [-0.2, 0) is 0 Å². The van der Waals surface area contributed by atoms with E-state index in [0.29, 0.717) is 0 Å². The summed E-state index contributed by atoms with van der Waals surface area (Å²) in [6.07, 6.45) is 1.46. The summed E-state index contributed by atoms with van der Waals surface area (Å²) in [5, 5.41) is 0. The number of rotatable bonds is 1. The fourth-order valence-electron chi connectivity index (χ4n) is 1.12. The summed E-state index contributed by atoms with van der Waals surface area (Å²) in [5.41, 5.74) is 2.86. The van der Waals surface area contributed by atoms with Crippen LogP contribution in [0, 0.1) is 0 Å². The van der Waals surface area contributed by atoms with E-state index >= 15 is 0 Å². The first-order valence-electron chi connectivity index (χ1n) is 3.78. The smallest absolute Gasteiger partial charge is 0.181 e. The van der Waals surface area contributed by atoms with Crippen LogP contribution in [0.25, 0.3) is 11.1 Å². The monoisotopic (exact) mass is 162 g/mol. The Morgan fingerprint density at radius 2 is 2.17 bits per heavy atom. The predicted molar refractivity (Wildman–Crippen MR) is 48.3 cm³/mol. The van der Waals surface area contributed by atoms with Crippen molar-refractivity contribution < 1.29 is 4.42 Å². The highest BCUT2D eigenvalue weighted by molar-refractivity contribution is 5.76. The number of anilines is 1. The van der Waals surface area contributed by atoms with Crippen molar-refractivity contribution in [3.63, 3.8) is 0 Å². The van der Waals surface area contributed by atoms with Crippen molar-refractivity contribution in [3.8, 4) is 0 Å². The van der Waals surface area contributed by atoms with Crippen molar-refractivity contribution in [1.29, 1.82) is 0 Å². The van der Waals surface area contributed by atoms with Gasteiger partial charge in [-0.3, -0.25) is 0 Å². The van der Waals surface area contributed by atoms with Gasteiger partial charge in [-0.15, -0.1) is 0 Å². The maximum Gasteiger partial charge on any atom is 0.181 e. The Bertz CT molecular complexity index is 392. The van der Waals surface area contributed by atoms with Gasteiger partial charge < -0.3 is 9.32 Å². The average Bonchev–Trinajstić information content (AvgIpc) is 2.49. The van der Waals surface area contributed by atoms with Gasteiger partial charge in [-0.2, -0.15) is 0 Å². The zero-order valence-corrected chi connectivity index (χ0v) is 7.11. The highest BCUT2D eigenvalue weighted by atomic mass is 16.3. The minimum Gasteiger partial charge on any atom is -0.443 e. The minimum atomic E-state index is 0.834. The Kier molecular flexibility index (Phi) is 1.50. The third-order valence-corrected chi connectivity index (χ3v) is 1.83. The molecule has 0 aliphatic carbocycles. The molecule has 0 bridgehead atoms. The molecule has 1 heterocycles. The number of hydrogen-bond acceptors (Lipinski definition) is 3. The van der Waals surface area contributed by atoms with Gasteiger partial charge in [0.25, 0.3) is 0 Å². The fourth-order valence-corrected chi connectivity index (χ4v) is 1.12. The van der Waals surface area contributed by atoms with Gasteiger partial charge >= 0.3 is 0 Å². The Balaban J connectivity index is 2.60. The van der Waals surface area contributed by atoms with E-state index in [0.717, 1.165) is 16.8 Å². The zero-order chi connectivity index (χ0) is 8.55. The highest BCUT2D eigenvalue weighted by Crippen LogP contribution is 2.19. The molecule has 0 N–H and O–H groups in total. The number of oxazole rings is 1. The Hall–Kier alpha value is -1.51. The summed E-state index contributed by atoms with van der Waals surface area (Å²) < 4.78 is 5.17. The normalized spacial score (nSPS) is 10.5. The van der Waals surface area contributed by atoms with Crippen molar-refractivity contribution in [1.82, 2.24) is 4.98 Å². The zero-order valence-electron chi connectivity index (χ0n) is 7.11. The third-order valence-electron chi connectivity index (χ3n) is 1.83. The molecule has 3 nitrogen and oxygen atoms in total. The molecule has 0 saturated heterocycles. The van der Waals surface area contributed by atoms with E-state index in [-0.39, 0.29) is 0 Å². The lowest BCUT2D eigenvalue weighted by Crippen LogP contribution is -2.07. The summed E-state index contributed by atoms with van der Waals surface area (Å²) in [7, 11) is 4.00. The lowest BCUT2D eigenvalue weighted by atomic mass is 10.3. The number of nitrogens with zero attached hydrogens (tertiary/aromatic N) is 2. The molecule has 2 rings (SSSR count). The van der Waals surface area contributed by atoms with Crippen LogP contribution < -0.4 is 4.90 Å². The van der Waals surface area contributed by atoms with Gasteiger partial charge in [0.2, 0.25) is 0 Å². The molecule has 12 heavy (non-hydrogen) atoms. The summed E-state index contributed by atoms with van der Waals surface area (Å²) in [5.74, 6) is 0. The second-order valence-corrected chi connectivity index (χ2v) is 2.90. The summed E-state index contributed by atoms with van der Waals surface area (Å²) in [4.78, 5) is 6.06. The summed E-state index contributed by atoms with van der Waals surface area (Å²) in [6, 6.07) is 5.95. The van der Waals surface area contributed by atoms with Gasteiger partial charge in [-0.25, -0.2) is 4.98 Å². The molecule has 1 aromatic heterocycles. The van der Waals surface area contributed by atoms with E-state index in [1.54, 1.807) is 0 Å². The van der Waals surface area contributed by atoms with E-state index in [2.05, 4.69) is 4.98 Å². The van der Waals surface area contributed by atoms with Crippen LogP contribution in [0.15, 0.2) is 29.0 Å². The molecule has 0 unspecified atom stereocenters. The van der Waals surface area contributed by atoms with E-state index in [1.165, 1.54) is 6.39 Å². The minimum absolute atomic E-state index is 0.834. The average molecular weight is 162 g/mol. The third kappa shape index (κ3) is 1.03. The van der Waals surface area contributed by atoms with Crippen molar-refractivity contribution in [2.24, 2.45) is 0 Å². The summed E-state index contributed by atoms with van der Waals surface area (Å²) >= 11 is 0. The van der Waals surface area contributed by atoms with Crippen molar-refractivity contribution in [2.75, 3.05) is 19.0 Å². The largest absolute Gasteiger partial charge is 0.443 e. The molecular formula is C9H10N2O. The molecule has 0 aliphatic heterocycles. The molecule has 0 spiro atoms. The first kappa shape index (κ1) is 7.16. The topological polar surface area (TPSA) is 29.3 Å². The predicted octanol–water partition coefficient (Wildman–Crippen LogP) is 1.89. The first-order valence-corrected chi connectivity index (χ1v) is 3.78.